The fourth-order valence-electron chi connectivity index (χ4n) is 3.63. The average Bonchev–Trinajstić information content (AvgIpc) is 3.41. The molecule has 144 valence electrons. The quantitative estimate of drug-likeness (QED) is 0.545. The molecule has 0 radical (unpaired) electrons. The lowest BCUT2D eigenvalue weighted by Crippen LogP contribution is -2.44. The summed E-state index contributed by atoms with van der Waals surface area (Å²) < 4.78 is 0. The Balaban J connectivity index is 1.38. The lowest BCUT2D eigenvalue weighted by atomic mass is 10.1. The SMILES string of the molecule is O=C(Nc1cnc2ccccc2c1)[C@H]1CSCN1C(=O)c1c[nH]c2ccccc12. The van der Waals surface area contributed by atoms with E-state index in [1.54, 1.807) is 29.1 Å². The number of H-pyrrole nitrogens is 1. The van der Waals surface area contributed by atoms with E-state index in [1.165, 1.54) is 0 Å². The van der Waals surface area contributed by atoms with Gasteiger partial charge in [0.2, 0.25) is 5.91 Å². The smallest absolute Gasteiger partial charge is 0.257 e. The van der Waals surface area contributed by atoms with Gasteiger partial charge in [-0.25, -0.2) is 0 Å². The standard InChI is InChI=1S/C22H18N4O2S/c27-21(25-15-9-14-5-1-3-7-18(14)23-10-15)20-12-29-13-26(20)22(28)17-11-24-19-8-4-2-6-16(17)19/h1-11,20,24H,12-13H2,(H,25,27)/t20-/m1/s1. The largest absolute Gasteiger partial charge is 0.360 e. The number of hydrogen-bond donors (Lipinski definition) is 2. The third-order valence-electron chi connectivity index (χ3n) is 5.12. The van der Waals surface area contributed by atoms with E-state index in [0.717, 1.165) is 21.8 Å². The minimum Gasteiger partial charge on any atom is -0.360 e. The molecule has 29 heavy (non-hydrogen) atoms. The molecule has 2 aromatic heterocycles. The van der Waals surface area contributed by atoms with Gasteiger partial charge in [-0.3, -0.25) is 14.6 Å². The molecule has 1 saturated heterocycles. The number of carbonyl (C=O) groups is 2. The zero-order chi connectivity index (χ0) is 19.8. The molecule has 0 spiro atoms. The first-order valence-electron chi connectivity index (χ1n) is 9.31. The molecule has 1 aliphatic rings. The summed E-state index contributed by atoms with van der Waals surface area (Å²) in [5.41, 5.74) is 3.00. The van der Waals surface area contributed by atoms with Crippen molar-refractivity contribution in [2.24, 2.45) is 0 Å². The second-order valence-corrected chi connectivity index (χ2v) is 7.94. The molecule has 1 aliphatic heterocycles. The molecule has 3 heterocycles. The molecule has 2 N–H and O–H groups in total. The Morgan fingerprint density at radius 1 is 1.14 bits per heavy atom. The van der Waals surface area contributed by atoms with Gasteiger partial charge in [-0.05, 0) is 18.2 Å². The number of thioether (sulfide) groups is 1. The van der Waals surface area contributed by atoms with Crippen LogP contribution in [0.1, 0.15) is 10.4 Å². The zero-order valence-corrected chi connectivity index (χ0v) is 16.3. The molecular weight excluding hydrogens is 384 g/mol. The van der Waals surface area contributed by atoms with Gasteiger partial charge >= 0.3 is 0 Å². The molecule has 0 saturated carbocycles. The number of anilines is 1. The van der Waals surface area contributed by atoms with Gasteiger partial charge in [0, 0.05) is 28.2 Å². The molecule has 6 nitrogen and oxygen atoms in total. The highest BCUT2D eigenvalue weighted by Crippen LogP contribution is 2.27. The minimum atomic E-state index is -0.521. The third kappa shape index (κ3) is 3.23. The van der Waals surface area contributed by atoms with Gasteiger partial charge in [0.25, 0.3) is 5.91 Å². The summed E-state index contributed by atoms with van der Waals surface area (Å²) >= 11 is 1.58. The van der Waals surface area contributed by atoms with Gasteiger partial charge in [-0.15, -0.1) is 11.8 Å². The molecule has 2 amide bonds. The highest BCUT2D eigenvalue weighted by atomic mass is 32.2. The highest BCUT2D eigenvalue weighted by Gasteiger charge is 2.36. The first-order chi connectivity index (χ1) is 14.2. The van der Waals surface area contributed by atoms with E-state index in [0.29, 0.717) is 22.9 Å². The molecule has 2 aromatic carbocycles. The second-order valence-electron chi connectivity index (χ2n) is 6.94. The highest BCUT2D eigenvalue weighted by molar-refractivity contribution is 7.99. The van der Waals surface area contributed by atoms with Crippen LogP contribution >= 0.6 is 11.8 Å². The molecule has 0 unspecified atom stereocenters. The van der Waals surface area contributed by atoms with E-state index in [9.17, 15) is 9.59 Å². The number of fused-ring (bicyclic) bond motifs is 2. The van der Waals surface area contributed by atoms with E-state index >= 15 is 0 Å². The number of benzene rings is 2. The molecule has 0 aliphatic carbocycles. The number of para-hydroxylation sites is 2. The molecular formula is C22H18N4O2S. The molecule has 0 bridgehead atoms. The maximum Gasteiger partial charge on any atom is 0.257 e. The van der Waals surface area contributed by atoms with Crippen molar-refractivity contribution in [3.63, 3.8) is 0 Å². The summed E-state index contributed by atoms with van der Waals surface area (Å²) in [6.07, 6.45) is 3.37. The van der Waals surface area contributed by atoms with Crippen LogP contribution in [0.25, 0.3) is 21.8 Å². The summed E-state index contributed by atoms with van der Waals surface area (Å²) in [5.74, 6) is 0.734. The van der Waals surface area contributed by atoms with Crippen LogP contribution in [0.5, 0.6) is 0 Å². The summed E-state index contributed by atoms with van der Waals surface area (Å²) in [7, 11) is 0. The van der Waals surface area contributed by atoms with Crippen molar-refractivity contribution in [3.8, 4) is 0 Å². The normalized spacial score (nSPS) is 16.4. The average molecular weight is 402 g/mol. The van der Waals surface area contributed by atoms with Gasteiger partial charge in [-0.1, -0.05) is 36.4 Å². The van der Waals surface area contributed by atoms with E-state index in [1.807, 2.05) is 54.6 Å². The number of amides is 2. The Kier molecular flexibility index (Phi) is 4.44. The third-order valence-corrected chi connectivity index (χ3v) is 6.14. The lowest BCUT2D eigenvalue weighted by Gasteiger charge is -2.23. The Morgan fingerprint density at radius 2 is 1.97 bits per heavy atom. The van der Waals surface area contributed by atoms with E-state index < -0.39 is 6.04 Å². The topological polar surface area (TPSA) is 78.1 Å². The number of nitrogens with one attached hydrogen (secondary N) is 2. The van der Waals surface area contributed by atoms with Crippen LogP contribution in [0.4, 0.5) is 5.69 Å². The first-order valence-corrected chi connectivity index (χ1v) is 10.5. The van der Waals surface area contributed by atoms with Crippen molar-refractivity contribution in [2.75, 3.05) is 16.9 Å². The van der Waals surface area contributed by atoms with Crippen LogP contribution in [0.2, 0.25) is 0 Å². The Hall–Kier alpha value is -3.32. The van der Waals surface area contributed by atoms with Crippen LogP contribution in [0.3, 0.4) is 0 Å². The summed E-state index contributed by atoms with van der Waals surface area (Å²) in [4.78, 5) is 35.3. The fraction of sp³-hybridized carbons (Fsp3) is 0.136. The van der Waals surface area contributed by atoms with Crippen molar-refractivity contribution in [1.29, 1.82) is 0 Å². The number of carbonyl (C=O) groups excluding carboxylic acids is 2. The number of pyridine rings is 1. The molecule has 5 rings (SSSR count). The number of aromatic nitrogens is 2. The summed E-state index contributed by atoms with van der Waals surface area (Å²) in [6, 6.07) is 16.8. The van der Waals surface area contributed by atoms with Crippen LogP contribution < -0.4 is 5.32 Å². The van der Waals surface area contributed by atoms with Gasteiger partial charge in [0.05, 0.1) is 28.8 Å². The van der Waals surface area contributed by atoms with E-state index in [4.69, 9.17) is 0 Å². The summed E-state index contributed by atoms with van der Waals surface area (Å²) in [6.45, 7) is 0. The molecule has 1 fully saturated rings. The summed E-state index contributed by atoms with van der Waals surface area (Å²) in [5, 5.41) is 4.75. The van der Waals surface area contributed by atoms with Crippen LogP contribution in [0.15, 0.2) is 67.0 Å². The lowest BCUT2D eigenvalue weighted by molar-refractivity contribution is -0.119. The fourth-order valence-corrected chi connectivity index (χ4v) is 4.78. The van der Waals surface area contributed by atoms with Crippen LogP contribution in [-0.4, -0.2) is 44.4 Å². The number of hydrogen-bond acceptors (Lipinski definition) is 4. The monoisotopic (exact) mass is 402 g/mol. The molecule has 1 atom stereocenters. The van der Waals surface area contributed by atoms with Gasteiger partial charge in [-0.2, -0.15) is 0 Å². The predicted molar refractivity (Wildman–Crippen MR) is 116 cm³/mol. The maximum atomic E-state index is 13.2. The van der Waals surface area contributed by atoms with E-state index in [-0.39, 0.29) is 11.8 Å². The van der Waals surface area contributed by atoms with Crippen LogP contribution in [-0.2, 0) is 4.79 Å². The van der Waals surface area contributed by atoms with Crippen molar-refractivity contribution in [2.45, 2.75) is 6.04 Å². The maximum absolute atomic E-state index is 13.2. The van der Waals surface area contributed by atoms with Crippen molar-refractivity contribution in [1.82, 2.24) is 14.9 Å². The molecule has 4 aromatic rings. The van der Waals surface area contributed by atoms with E-state index in [2.05, 4.69) is 15.3 Å². The van der Waals surface area contributed by atoms with Gasteiger partial charge in [0.15, 0.2) is 0 Å². The zero-order valence-electron chi connectivity index (χ0n) is 15.5. The van der Waals surface area contributed by atoms with Gasteiger partial charge in [0.1, 0.15) is 6.04 Å². The molecule has 7 heteroatoms. The number of rotatable bonds is 3. The van der Waals surface area contributed by atoms with Crippen molar-refractivity contribution < 1.29 is 9.59 Å². The Labute approximate surface area is 171 Å². The number of aromatic amines is 1. The predicted octanol–water partition coefficient (Wildman–Crippen LogP) is 3.87. The second kappa shape index (κ2) is 7.25. The van der Waals surface area contributed by atoms with Crippen LogP contribution in [0, 0.1) is 0 Å². The minimum absolute atomic E-state index is 0.135. The Bertz CT molecular complexity index is 1240. The first kappa shape index (κ1) is 17.8. The number of nitrogens with zero attached hydrogens (tertiary/aromatic N) is 2. The Morgan fingerprint density at radius 3 is 2.90 bits per heavy atom. The van der Waals surface area contributed by atoms with Crippen molar-refractivity contribution in [3.05, 3.63) is 72.6 Å². The van der Waals surface area contributed by atoms with Gasteiger partial charge < -0.3 is 15.2 Å². The van der Waals surface area contributed by atoms with Crippen molar-refractivity contribution >= 4 is 51.1 Å².